The van der Waals surface area contributed by atoms with Gasteiger partial charge in [-0.05, 0) is 53.7 Å². The molecule has 1 aliphatic carbocycles. The number of para-hydroxylation sites is 1. The van der Waals surface area contributed by atoms with Crippen molar-refractivity contribution in [2.24, 2.45) is 0 Å². The van der Waals surface area contributed by atoms with Crippen molar-refractivity contribution in [1.82, 2.24) is 0 Å². The first-order chi connectivity index (χ1) is 8.25. The molecule has 3 heteroatoms. The molecule has 0 radical (unpaired) electrons. The summed E-state index contributed by atoms with van der Waals surface area (Å²) in [6, 6.07) is 7.68. The van der Waals surface area contributed by atoms with Gasteiger partial charge in [-0.25, -0.2) is 0 Å². The number of carbonyl (C=O) groups excluding carboxylic acids is 1. The summed E-state index contributed by atoms with van der Waals surface area (Å²) in [7, 11) is 0. The van der Waals surface area contributed by atoms with Gasteiger partial charge in [0.15, 0.2) is 0 Å². The molecule has 0 fully saturated rings. The van der Waals surface area contributed by atoms with Crippen LogP contribution in [0.2, 0.25) is 0 Å². The molecule has 1 N–H and O–H groups in total. The zero-order chi connectivity index (χ0) is 12.1. The highest BCUT2D eigenvalue weighted by molar-refractivity contribution is 9.10. The number of rotatable bonds is 3. The maximum Gasteiger partial charge on any atom is 0.228 e. The lowest BCUT2D eigenvalue weighted by Gasteiger charge is -2.13. The van der Waals surface area contributed by atoms with E-state index in [1.165, 1.54) is 18.4 Å². The standard InChI is InChI=1S/C14H16BrNO/c15-12-8-4-5-9-13(12)16-14(17)10-11-6-2-1-3-7-11/h4-6,8-9H,1-3,7,10H2,(H,16,17). The first-order valence-electron chi connectivity index (χ1n) is 5.98. The average Bonchev–Trinajstić information content (AvgIpc) is 2.33. The Bertz CT molecular complexity index is 440. The van der Waals surface area contributed by atoms with E-state index in [-0.39, 0.29) is 5.91 Å². The Morgan fingerprint density at radius 2 is 2.12 bits per heavy atom. The minimum Gasteiger partial charge on any atom is -0.325 e. The smallest absolute Gasteiger partial charge is 0.228 e. The lowest BCUT2D eigenvalue weighted by Crippen LogP contribution is -2.13. The Hall–Kier alpha value is -1.09. The zero-order valence-electron chi connectivity index (χ0n) is 9.71. The molecule has 0 bridgehead atoms. The largest absolute Gasteiger partial charge is 0.325 e. The summed E-state index contributed by atoms with van der Waals surface area (Å²) in [5, 5.41) is 2.93. The lowest BCUT2D eigenvalue weighted by atomic mass is 9.97. The molecule has 1 aromatic carbocycles. The molecule has 2 rings (SSSR count). The molecule has 0 aromatic heterocycles. The summed E-state index contributed by atoms with van der Waals surface area (Å²) >= 11 is 3.42. The molecule has 1 aliphatic rings. The fraction of sp³-hybridized carbons (Fsp3) is 0.357. The molecule has 0 saturated carbocycles. The number of benzene rings is 1. The predicted molar refractivity (Wildman–Crippen MR) is 73.9 cm³/mol. The maximum absolute atomic E-state index is 11.9. The van der Waals surface area contributed by atoms with Gasteiger partial charge in [0.1, 0.15) is 0 Å². The van der Waals surface area contributed by atoms with Crippen LogP contribution in [0.15, 0.2) is 40.4 Å². The van der Waals surface area contributed by atoms with Gasteiger partial charge < -0.3 is 5.32 Å². The Balaban J connectivity index is 1.93. The summed E-state index contributed by atoms with van der Waals surface area (Å²) in [5.41, 5.74) is 2.12. The van der Waals surface area contributed by atoms with Crippen LogP contribution < -0.4 is 5.32 Å². The van der Waals surface area contributed by atoms with E-state index in [9.17, 15) is 4.79 Å². The predicted octanol–water partition coefficient (Wildman–Crippen LogP) is 4.28. The quantitative estimate of drug-likeness (QED) is 0.828. The van der Waals surface area contributed by atoms with Crippen LogP contribution in [-0.2, 0) is 4.79 Å². The number of hydrogen-bond donors (Lipinski definition) is 1. The van der Waals surface area contributed by atoms with Gasteiger partial charge in [0.2, 0.25) is 5.91 Å². The van der Waals surface area contributed by atoms with E-state index in [4.69, 9.17) is 0 Å². The summed E-state index contributed by atoms with van der Waals surface area (Å²) in [5.74, 6) is 0.0741. The Morgan fingerprint density at radius 1 is 1.29 bits per heavy atom. The number of hydrogen-bond acceptors (Lipinski definition) is 1. The summed E-state index contributed by atoms with van der Waals surface area (Å²) in [6.07, 6.45) is 7.41. The van der Waals surface area contributed by atoms with Gasteiger partial charge in [-0.2, -0.15) is 0 Å². The van der Waals surface area contributed by atoms with E-state index >= 15 is 0 Å². The minimum atomic E-state index is 0.0741. The first-order valence-corrected chi connectivity index (χ1v) is 6.77. The molecule has 0 saturated heterocycles. The van der Waals surface area contributed by atoms with Crippen molar-refractivity contribution in [2.75, 3.05) is 5.32 Å². The molecule has 0 atom stereocenters. The van der Waals surface area contributed by atoms with Crippen LogP contribution in [-0.4, -0.2) is 5.91 Å². The summed E-state index contributed by atoms with van der Waals surface area (Å²) < 4.78 is 0.922. The van der Waals surface area contributed by atoms with Gasteiger partial charge in [-0.15, -0.1) is 0 Å². The van der Waals surface area contributed by atoms with E-state index in [2.05, 4.69) is 27.3 Å². The molecule has 0 unspecified atom stereocenters. The second-order valence-corrected chi connectivity index (χ2v) is 5.17. The van der Waals surface area contributed by atoms with Gasteiger partial charge >= 0.3 is 0 Å². The average molecular weight is 294 g/mol. The third-order valence-corrected chi connectivity index (χ3v) is 3.61. The fourth-order valence-corrected chi connectivity index (χ4v) is 2.41. The third kappa shape index (κ3) is 3.70. The number of anilines is 1. The molecule has 0 heterocycles. The molecule has 90 valence electrons. The first kappa shape index (κ1) is 12.4. The van der Waals surface area contributed by atoms with Crippen LogP contribution in [0, 0.1) is 0 Å². The lowest BCUT2D eigenvalue weighted by molar-refractivity contribution is -0.115. The maximum atomic E-state index is 11.9. The van der Waals surface area contributed by atoms with Crippen LogP contribution in [0.5, 0.6) is 0 Å². The second kappa shape index (κ2) is 6.01. The van der Waals surface area contributed by atoms with Crippen LogP contribution in [0.25, 0.3) is 0 Å². The molecule has 1 aromatic rings. The van der Waals surface area contributed by atoms with Crippen molar-refractivity contribution in [3.63, 3.8) is 0 Å². The van der Waals surface area contributed by atoms with E-state index < -0.39 is 0 Å². The van der Waals surface area contributed by atoms with E-state index in [1.54, 1.807) is 0 Å². The van der Waals surface area contributed by atoms with E-state index in [0.29, 0.717) is 6.42 Å². The van der Waals surface area contributed by atoms with Crippen molar-refractivity contribution in [3.8, 4) is 0 Å². The van der Waals surface area contributed by atoms with Crippen molar-refractivity contribution >= 4 is 27.5 Å². The van der Waals surface area contributed by atoms with Gasteiger partial charge in [0, 0.05) is 10.9 Å². The minimum absolute atomic E-state index is 0.0741. The SMILES string of the molecule is O=C(CC1=CCCCC1)Nc1ccccc1Br. The molecular formula is C14H16BrNO. The van der Waals surface area contributed by atoms with E-state index in [0.717, 1.165) is 23.0 Å². The Kier molecular flexibility index (Phi) is 4.37. The topological polar surface area (TPSA) is 29.1 Å². The normalized spacial score (nSPS) is 15.2. The molecule has 2 nitrogen and oxygen atoms in total. The van der Waals surface area contributed by atoms with Crippen LogP contribution in [0.1, 0.15) is 32.1 Å². The van der Waals surface area contributed by atoms with Gasteiger partial charge in [-0.3, -0.25) is 4.79 Å². The van der Waals surface area contributed by atoms with Gasteiger partial charge in [0.25, 0.3) is 0 Å². The number of halogens is 1. The number of amides is 1. The Labute approximate surface area is 110 Å². The molecule has 1 amide bonds. The highest BCUT2D eigenvalue weighted by Gasteiger charge is 2.10. The number of allylic oxidation sites excluding steroid dienone is 1. The molecule has 17 heavy (non-hydrogen) atoms. The number of carbonyl (C=O) groups is 1. The molecular weight excluding hydrogens is 278 g/mol. The highest BCUT2D eigenvalue weighted by atomic mass is 79.9. The number of nitrogens with one attached hydrogen (secondary N) is 1. The third-order valence-electron chi connectivity index (χ3n) is 2.92. The fourth-order valence-electron chi connectivity index (χ4n) is 2.03. The zero-order valence-corrected chi connectivity index (χ0v) is 11.3. The van der Waals surface area contributed by atoms with Gasteiger partial charge in [0.05, 0.1) is 5.69 Å². The second-order valence-electron chi connectivity index (χ2n) is 4.31. The summed E-state index contributed by atoms with van der Waals surface area (Å²) in [6.45, 7) is 0. The van der Waals surface area contributed by atoms with Crippen LogP contribution >= 0.6 is 15.9 Å². The van der Waals surface area contributed by atoms with Crippen molar-refractivity contribution in [2.45, 2.75) is 32.1 Å². The van der Waals surface area contributed by atoms with Crippen molar-refractivity contribution in [1.29, 1.82) is 0 Å². The van der Waals surface area contributed by atoms with E-state index in [1.807, 2.05) is 24.3 Å². The van der Waals surface area contributed by atoms with Crippen LogP contribution in [0.3, 0.4) is 0 Å². The summed E-state index contributed by atoms with van der Waals surface area (Å²) in [4.78, 5) is 11.9. The van der Waals surface area contributed by atoms with Gasteiger partial charge in [-0.1, -0.05) is 23.8 Å². The molecule has 0 aliphatic heterocycles. The van der Waals surface area contributed by atoms with Crippen molar-refractivity contribution in [3.05, 3.63) is 40.4 Å². The Morgan fingerprint density at radius 3 is 2.82 bits per heavy atom. The van der Waals surface area contributed by atoms with Crippen LogP contribution in [0.4, 0.5) is 5.69 Å². The highest BCUT2D eigenvalue weighted by Crippen LogP contribution is 2.23. The molecule has 0 spiro atoms. The van der Waals surface area contributed by atoms with Crippen molar-refractivity contribution < 1.29 is 4.79 Å². The monoisotopic (exact) mass is 293 g/mol.